The summed E-state index contributed by atoms with van der Waals surface area (Å²) < 4.78 is 2.10. The monoisotopic (exact) mass is 399 g/mol. The Hall–Kier alpha value is -2.48. The molecule has 8 nitrogen and oxygen atoms in total. The van der Waals surface area contributed by atoms with Gasteiger partial charge in [0.15, 0.2) is 0 Å². The molecule has 2 N–H and O–H groups in total. The molecule has 3 rings (SSSR count). The highest BCUT2D eigenvalue weighted by atomic mass is 16.2. The predicted molar refractivity (Wildman–Crippen MR) is 114 cm³/mol. The Bertz CT molecular complexity index is 903. The molecule has 0 radical (unpaired) electrons. The van der Waals surface area contributed by atoms with Crippen LogP contribution in [0, 0.1) is 27.7 Å². The van der Waals surface area contributed by atoms with E-state index in [0.717, 1.165) is 48.8 Å². The first-order valence-corrected chi connectivity index (χ1v) is 10.3. The minimum atomic E-state index is -0.253. The van der Waals surface area contributed by atoms with Gasteiger partial charge in [-0.25, -0.2) is 9.97 Å². The molecule has 2 aromatic rings. The number of aromatic nitrogens is 4. The third kappa shape index (κ3) is 4.27. The summed E-state index contributed by atoms with van der Waals surface area (Å²) in [6, 6.07) is 0.734. The maximum Gasteiger partial charge on any atom is 0.288 e. The lowest BCUT2D eigenvalue weighted by molar-refractivity contribution is 0.0952. The van der Waals surface area contributed by atoms with Gasteiger partial charge in [0.2, 0.25) is 5.82 Å². The molecule has 0 bridgehead atoms. The summed E-state index contributed by atoms with van der Waals surface area (Å²) in [5, 5.41) is 11.0. The van der Waals surface area contributed by atoms with Crippen LogP contribution in [0.2, 0.25) is 0 Å². The number of amides is 1. The van der Waals surface area contributed by atoms with E-state index in [1.165, 1.54) is 11.3 Å². The molecular weight excluding hydrogens is 366 g/mol. The Morgan fingerprint density at radius 3 is 2.52 bits per heavy atom. The Morgan fingerprint density at radius 1 is 1.17 bits per heavy atom. The zero-order valence-electron chi connectivity index (χ0n) is 18.6. The van der Waals surface area contributed by atoms with Gasteiger partial charge < -0.3 is 15.5 Å². The smallest absolute Gasteiger partial charge is 0.288 e. The number of carbonyl (C=O) groups excluding carboxylic acids is 1. The van der Waals surface area contributed by atoms with Crippen LogP contribution in [0.1, 0.15) is 65.1 Å². The quantitative estimate of drug-likeness (QED) is 0.774. The zero-order chi connectivity index (χ0) is 21.3. The van der Waals surface area contributed by atoms with Crippen LogP contribution in [0.4, 0.5) is 5.82 Å². The summed E-state index contributed by atoms with van der Waals surface area (Å²) in [5.41, 5.74) is 5.49. The molecule has 3 heterocycles. The molecule has 1 aliphatic rings. The van der Waals surface area contributed by atoms with E-state index >= 15 is 0 Å². The number of aryl methyl sites for hydroxylation is 2. The molecule has 0 saturated carbocycles. The summed E-state index contributed by atoms with van der Waals surface area (Å²) in [4.78, 5) is 23.1. The predicted octanol–water partition coefficient (Wildman–Crippen LogP) is 2.22. The molecular formula is C21H33N7O. The van der Waals surface area contributed by atoms with E-state index in [0.29, 0.717) is 12.1 Å². The SMILES string of the molecule is CNC(=O)c1nc(C)c(C)c(N2CC[C@@H](NCc3c(C)nn(C(C)C)c3C)C2)n1. The zero-order valence-corrected chi connectivity index (χ0v) is 18.6. The third-order valence-electron chi connectivity index (χ3n) is 5.81. The van der Waals surface area contributed by atoms with Crippen molar-refractivity contribution < 1.29 is 4.79 Å². The molecule has 1 saturated heterocycles. The van der Waals surface area contributed by atoms with Crippen molar-refractivity contribution in [1.82, 2.24) is 30.4 Å². The number of hydrogen-bond acceptors (Lipinski definition) is 6. The molecule has 8 heteroatoms. The van der Waals surface area contributed by atoms with Crippen molar-refractivity contribution >= 4 is 11.7 Å². The van der Waals surface area contributed by atoms with Crippen LogP contribution in [0.3, 0.4) is 0 Å². The van der Waals surface area contributed by atoms with Gasteiger partial charge in [-0.05, 0) is 48.0 Å². The van der Waals surface area contributed by atoms with Gasteiger partial charge in [0.25, 0.3) is 5.91 Å². The Kier molecular flexibility index (Phi) is 6.21. The molecule has 158 valence electrons. The summed E-state index contributed by atoms with van der Waals surface area (Å²) in [6.07, 6.45) is 1.04. The number of carbonyl (C=O) groups is 1. The fourth-order valence-corrected chi connectivity index (χ4v) is 3.96. The minimum Gasteiger partial charge on any atom is -0.355 e. The van der Waals surface area contributed by atoms with Crippen molar-refractivity contribution in [2.75, 3.05) is 25.0 Å². The van der Waals surface area contributed by atoms with Gasteiger partial charge in [0.05, 0.1) is 5.69 Å². The van der Waals surface area contributed by atoms with Gasteiger partial charge in [0.1, 0.15) is 5.82 Å². The van der Waals surface area contributed by atoms with Gasteiger partial charge in [-0.2, -0.15) is 5.10 Å². The minimum absolute atomic E-state index is 0.231. The van der Waals surface area contributed by atoms with Crippen molar-refractivity contribution in [1.29, 1.82) is 0 Å². The number of hydrogen-bond donors (Lipinski definition) is 2. The molecule has 1 fully saturated rings. The lowest BCUT2D eigenvalue weighted by Gasteiger charge is -2.21. The lowest BCUT2D eigenvalue weighted by atomic mass is 10.1. The first-order valence-electron chi connectivity index (χ1n) is 10.3. The van der Waals surface area contributed by atoms with Crippen LogP contribution in [0.15, 0.2) is 0 Å². The number of anilines is 1. The molecule has 0 unspecified atom stereocenters. The molecule has 1 atom stereocenters. The van der Waals surface area contributed by atoms with Crippen LogP contribution in [-0.4, -0.2) is 51.8 Å². The number of nitrogens with zero attached hydrogens (tertiary/aromatic N) is 5. The van der Waals surface area contributed by atoms with E-state index in [1.807, 2.05) is 13.8 Å². The van der Waals surface area contributed by atoms with Crippen LogP contribution in [0.25, 0.3) is 0 Å². The molecule has 0 spiro atoms. The molecule has 0 aliphatic carbocycles. The largest absolute Gasteiger partial charge is 0.355 e. The Morgan fingerprint density at radius 2 is 1.90 bits per heavy atom. The highest BCUT2D eigenvalue weighted by Crippen LogP contribution is 2.24. The van der Waals surface area contributed by atoms with Gasteiger partial charge >= 0.3 is 0 Å². The number of rotatable bonds is 6. The van der Waals surface area contributed by atoms with Crippen molar-refractivity contribution in [3.63, 3.8) is 0 Å². The fourth-order valence-electron chi connectivity index (χ4n) is 3.96. The van der Waals surface area contributed by atoms with Crippen molar-refractivity contribution in [3.05, 3.63) is 34.0 Å². The first kappa shape index (κ1) is 21.2. The van der Waals surface area contributed by atoms with Crippen molar-refractivity contribution in [3.8, 4) is 0 Å². The normalized spacial score (nSPS) is 16.7. The molecule has 1 aliphatic heterocycles. The average Bonchev–Trinajstić information content (AvgIpc) is 3.26. The maximum atomic E-state index is 12.0. The summed E-state index contributed by atoms with van der Waals surface area (Å²) in [5.74, 6) is 0.839. The van der Waals surface area contributed by atoms with E-state index in [4.69, 9.17) is 0 Å². The molecule has 29 heavy (non-hydrogen) atoms. The van der Waals surface area contributed by atoms with E-state index in [1.54, 1.807) is 7.05 Å². The fraction of sp³-hybridized carbons (Fsp3) is 0.619. The van der Waals surface area contributed by atoms with Crippen molar-refractivity contribution in [2.45, 2.75) is 66.6 Å². The second-order valence-corrected chi connectivity index (χ2v) is 8.16. The van der Waals surface area contributed by atoms with Gasteiger partial charge in [0, 0.05) is 61.3 Å². The highest BCUT2D eigenvalue weighted by Gasteiger charge is 2.27. The van der Waals surface area contributed by atoms with Gasteiger partial charge in [-0.1, -0.05) is 0 Å². The first-order chi connectivity index (χ1) is 13.7. The third-order valence-corrected chi connectivity index (χ3v) is 5.81. The summed E-state index contributed by atoms with van der Waals surface area (Å²) >= 11 is 0. The van der Waals surface area contributed by atoms with Gasteiger partial charge in [-0.3, -0.25) is 9.48 Å². The second kappa shape index (κ2) is 8.49. The van der Waals surface area contributed by atoms with Crippen LogP contribution in [0.5, 0.6) is 0 Å². The van der Waals surface area contributed by atoms with E-state index in [-0.39, 0.29) is 11.7 Å². The van der Waals surface area contributed by atoms with Gasteiger partial charge in [-0.15, -0.1) is 0 Å². The van der Waals surface area contributed by atoms with E-state index in [2.05, 4.69) is 63.0 Å². The standard InChI is InChI=1S/C21H33N7O/c1-12(2)28-16(6)18(15(5)26-28)10-23-17-8-9-27(11-17)20-13(3)14(4)24-19(25-20)21(29)22-7/h12,17,23H,8-11H2,1-7H3,(H,22,29)/t17-/m1/s1. The maximum absolute atomic E-state index is 12.0. The summed E-state index contributed by atoms with van der Waals surface area (Å²) in [7, 11) is 1.60. The van der Waals surface area contributed by atoms with Crippen LogP contribution >= 0.6 is 0 Å². The molecule has 2 aromatic heterocycles. The molecule has 0 aromatic carbocycles. The number of nitrogens with one attached hydrogen (secondary N) is 2. The average molecular weight is 400 g/mol. The van der Waals surface area contributed by atoms with E-state index < -0.39 is 0 Å². The van der Waals surface area contributed by atoms with Crippen molar-refractivity contribution in [2.24, 2.45) is 0 Å². The Labute approximate surface area is 173 Å². The second-order valence-electron chi connectivity index (χ2n) is 8.16. The Balaban J connectivity index is 1.70. The van der Waals surface area contributed by atoms with Crippen LogP contribution in [-0.2, 0) is 6.54 Å². The topological polar surface area (TPSA) is 88.0 Å². The summed E-state index contributed by atoms with van der Waals surface area (Å²) in [6.45, 7) is 15.1. The van der Waals surface area contributed by atoms with E-state index in [9.17, 15) is 4.79 Å². The lowest BCUT2D eigenvalue weighted by Crippen LogP contribution is -2.33. The van der Waals surface area contributed by atoms with Crippen LogP contribution < -0.4 is 15.5 Å². The molecule has 1 amide bonds. The highest BCUT2D eigenvalue weighted by molar-refractivity contribution is 5.90.